The first-order chi connectivity index (χ1) is 7.87. The molecule has 0 aliphatic heterocycles. The van der Waals surface area contributed by atoms with Crippen molar-refractivity contribution in [2.45, 2.75) is 6.32 Å². The van der Waals surface area contributed by atoms with Crippen LogP contribution in [-0.4, -0.2) is 27.2 Å². The monoisotopic (exact) mass is 286 g/mol. The Morgan fingerprint density at radius 1 is 1.28 bits per heavy atom. The first-order valence-electron chi connectivity index (χ1n) is 4.83. The van der Waals surface area contributed by atoms with Crippen molar-refractivity contribution in [3.8, 4) is 5.75 Å². The van der Waals surface area contributed by atoms with Crippen molar-refractivity contribution >= 4 is 12.9 Å². The normalized spacial score (nSPS) is 10.5. The summed E-state index contributed by atoms with van der Waals surface area (Å²) in [6.07, 6.45) is -1.00. The van der Waals surface area contributed by atoms with Crippen LogP contribution in [0.4, 0.5) is 12.9 Å². The number of methoxy groups -OCH3 is 2. The van der Waals surface area contributed by atoms with Gasteiger partial charge in [0, 0.05) is 0 Å². The summed E-state index contributed by atoms with van der Waals surface area (Å²) in [6.45, 7) is -4.91. The zero-order valence-corrected chi connectivity index (χ0v) is 13.5. The van der Waals surface area contributed by atoms with Crippen LogP contribution in [0.15, 0.2) is 18.2 Å². The predicted molar refractivity (Wildman–Crippen MR) is 57.1 cm³/mol. The molecule has 3 nitrogen and oxygen atoms in total. The van der Waals surface area contributed by atoms with Crippen molar-refractivity contribution in [2.75, 3.05) is 14.2 Å². The Balaban J connectivity index is 0.00000289. The molecule has 8 heteroatoms. The van der Waals surface area contributed by atoms with Gasteiger partial charge < -0.3 is 22.4 Å². The van der Waals surface area contributed by atoms with Gasteiger partial charge in [0.15, 0.2) is 0 Å². The molecule has 0 saturated heterocycles. The van der Waals surface area contributed by atoms with E-state index >= 15 is 0 Å². The molecular formula is C10H11BF3KO3. The quantitative estimate of drug-likeness (QED) is 0.548. The number of hydrogen-bond donors (Lipinski definition) is 0. The number of ether oxygens (including phenoxy) is 2. The van der Waals surface area contributed by atoms with Gasteiger partial charge in [0.2, 0.25) is 0 Å². The molecule has 0 N–H and O–H groups in total. The Morgan fingerprint density at radius 2 is 1.89 bits per heavy atom. The molecule has 0 saturated carbocycles. The van der Waals surface area contributed by atoms with Gasteiger partial charge >= 0.3 is 64.3 Å². The summed E-state index contributed by atoms with van der Waals surface area (Å²) in [6, 6.07) is 3.70. The van der Waals surface area contributed by atoms with E-state index in [9.17, 15) is 17.7 Å². The van der Waals surface area contributed by atoms with E-state index in [2.05, 4.69) is 4.74 Å². The van der Waals surface area contributed by atoms with E-state index < -0.39 is 19.3 Å². The summed E-state index contributed by atoms with van der Waals surface area (Å²) in [5.74, 6) is -0.569. The molecule has 1 aromatic rings. The van der Waals surface area contributed by atoms with Crippen LogP contribution in [0.2, 0.25) is 0 Å². The van der Waals surface area contributed by atoms with Crippen molar-refractivity contribution in [3.63, 3.8) is 0 Å². The second-order valence-corrected chi connectivity index (χ2v) is 3.44. The van der Waals surface area contributed by atoms with Gasteiger partial charge in [-0.15, -0.1) is 0 Å². The van der Waals surface area contributed by atoms with Gasteiger partial charge in [0.25, 0.3) is 0 Å². The number of esters is 1. The van der Waals surface area contributed by atoms with Crippen LogP contribution in [0, 0.1) is 0 Å². The molecular weight excluding hydrogens is 275 g/mol. The molecule has 0 unspecified atom stereocenters. The number of carbonyl (C=O) groups excluding carboxylic acids is 1. The van der Waals surface area contributed by atoms with E-state index in [0.29, 0.717) is 0 Å². The van der Waals surface area contributed by atoms with Crippen molar-refractivity contribution in [3.05, 3.63) is 29.3 Å². The molecule has 0 amide bonds. The Kier molecular flexibility index (Phi) is 7.53. The molecule has 0 aliphatic rings. The van der Waals surface area contributed by atoms with E-state index in [-0.39, 0.29) is 68.3 Å². The molecule has 0 atom stereocenters. The van der Waals surface area contributed by atoms with Gasteiger partial charge in [-0.2, -0.15) is 0 Å². The van der Waals surface area contributed by atoms with E-state index in [1.165, 1.54) is 32.4 Å². The van der Waals surface area contributed by atoms with Crippen LogP contribution < -0.4 is 56.1 Å². The Hall–Kier alpha value is -0.0187. The molecule has 18 heavy (non-hydrogen) atoms. The fraction of sp³-hybridized carbons (Fsp3) is 0.300. The topological polar surface area (TPSA) is 35.5 Å². The fourth-order valence-corrected chi connectivity index (χ4v) is 1.41. The summed E-state index contributed by atoms with van der Waals surface area (Å²) < 4.78 is 46.0. The SMILES string of the molecule is COC(=O)c1ccc(C[B-](F)(F)F)cc1OC.[K+]. The van der Waals surface area contributed by atoms with Crippen molar-refractivity contribution in [2.24, 2.45) is 0 Å². The molecule has 0 aliphatic carbocycles. The van der Waals surface area contributed by atoms with Crippen LogP contribution in [0.1, 0.15) is 15.9 Å². The maximum Gasteiger partial charge on any atom is 1.00 e. The van der Waals surface area contributed by atoms with Crippen LogP contribution >= 0.6 is 0 Å². The Morgan fingerprint density at radius 3 is 2.33 bits per heavy atom. The third-order valence-electron chi connectivity index (χ3n) is 2.14. The fourth-order valence-electron chi connectivity index (χ4n) is 1.41. The summed E-state index contributed by atoms with van der Waals surface area (Å²) >= 11 is 0. The molecule has 0 spiro atoms. The average molecular weight is 286 g/mol. The minimum absolute atomic E-state index is 0. The molecule has 0 bridgehead atoms. The van der Waals surface area contributed by atoms with E-state index in [0.717, 1.165) is 0 Å². The van der Waals surface area contributed by atoms with Crippen molar-refractivity contribution in [1.29, 1.82) is 0 Å². The summed E-state index contributed by atoms with van der Waals surface area (Å²) in [5, 5.41) is 0. The summed E-state index contributed by atoms with van der Waals surface area (Å²) in [7, 11) is 2.47. The minimum atomic E-state index is -4.91. The summed E-state index contributed by atoms with van der Waals surface area (Å²) in [4.78, 5) is 11.3. The van der Waals surface area contributed by atoms with E-state index in [4.69, 9.17) is 4.74 Å². The number of rotatable bonds is 4. The molecule has 0 heterocycles. The van der Waals surface area contributed by atoms with Crippen LogP contribution in [0.3, 0.4) is 0 Å². The van der Waals surface area contributed by atoms with Crippen molar-refractivity contribution < 1.29 is 78.6 Å². The smallest absolute Gasteiger partial charge is 0.496 e. The molecule has 0 aromatic heterocycles. The number of carbonyl (C=O) groups is 1. The van der Waals surface area contributed by atoms with Crippen LogP contribution in [0.25, 0.3) is 0 Å². The standard InChI is InChI=1S/C10H11BF3O3.K/c1-16-9-5-7(6-11(12,13)14)3-4-8(9)10(15)17-2;/h3-5H,6H2,1-2H3;/q-1;+1. The Labute approximate surface area is 146 Å². The average Bonchev–Trinajstić information content (AvgIpc) is 2.25. The van der Waals surface area contributed by atoms with Gasteiger partial charge in [0.1, 0.15) is 11.3 Å². The number of benzene rings is 1. The van der Waals surface area contributed by atoms with E-state index in [1.54, 1.807) is 0 Å². The Bertz CT molecular complexity index is 423. The molecule has 0 fully saturated rings. The number of halogens is 3. The van der Waals surface area contributed by atoms with Gasteiger partial charge in [-0.25, -0.2) is 4.79 Å². The molecule has 94 valence electrons. The zero-order chi connectivity index (χ0) is 13.1. The molecule has 0 radical (unpaired) electrons. The number of hydrogen-bond acceptors (Lipinski definition) is 3. The van der Waals surface area contributed by atoms with Gasteiger partial charge in [-0.3, -0.25) is 0 Å². The minimum Gasteiger partial charge on any atom is -0.496 e. The second-order valence-electron chi connectivity index (χ2n) is 3.44. The van der Waals surface area contributed by atoms with Crippen LogP contribution in [-0.2, 0) is 11.1 Å². The third kappa shape index (κ3) is 5.31. The maximum absolute atomic E-state index is 12.2. The first-order valence-corrected chi connectivity index (χ1v) is 4.83. The molecule has 1 rings (SSSR count). The van der Waals surface area contributed by atoms with Gasteiger partial charge in [0.05, 0.1) is 14.2 Å². The van der Waals surface area contributed by atoms with Crippen LogP contribution in [0.5, 0.6) is 5.75 Å². The molecule has 1 aromatic carbocycles. The predicted octanol–water partition coefficient (Wildman–Crippen LogP) is -0.585. The van der Waals surface area contributed by atoms with Crippen molar-refractivity contribution in [1.82, 2.24) is 0 Å². The van der Waals surface area contributed by atoms with E-state index in [1.807, 2.05) is 0 Å². The second kappa shape index (κ2) is 7.54. The van der Waals surface area contributed by atoms with Gasteiger partial charge in [-0.05, 0) is 12.1 Å². The largest absolute Gasteiger partial charge is 1.00 e. The third-order valence-corrected chi connectivity index (χ3v) is 2.14. The maximum atomic E-state index is 12.2. The van der Waals surface area contributed by atoms with Gasteiger partial charge in [-0.1, -0.05) is 17.9 Å². The summed E-state index contributed by atoms with van der Waals surface area (Å²) in [5.41, 5.74) is 0.162. The zero-order valence-electron chi connectivity index (χ0n) is 10.4. The first kappa shape index (κ1) is 18.0.